The standard InChI is InChI=1S/C12H25NS/c1-10-6-7-12(13-2)11(9-10)5-4-8-14-3/h10-13H,4-9H2,1-3H3. The van der Waals surface area contributed by atoms with E-state index in [1.54, 1.807) is 0 Å². The summed E-state index contributed by atoms with van der Waals surface area (Å²) in [5.41, 5.74) is 0. The molecule has 0 aliphatic heterocycles. The SMILES string of the molecule is CNC1CCC(C)CC1CCCSC. The smallest absolute Gasteiger partial charge is 0.00925 e. The van der Waals surface area contributed by atoms with Crippen LogP contribution >= 0.6 is 11.8 Å². The topological polar surface area (TPSA) is 12.0 Å². The molecule has 0 amide bonds. The zero-order valence-electron chi connectivity index (χ0n) is 9.88. The second-order valence-corrected chi connectivity index (χ2v) is 5.69. The van der Waals surface area contributed by atoms with Crippen LogP contribution in [0.4, 0.5) is 0 Å². The van der Waals surface area contributed by atoms with Gasteiger partial charge in [0.25, 0.3) is 0 Å². The summed E-state index contributed by atoms with van der Waals surface area (Å²) in [5.74, 6) is 3.23. The van der Waals surface area contributed by atoms with Crippen LogP contribution in [0.25, 0.3) is 0 Å². The van der Waals surface area contributed by atoms with E-state index in [0.29, 0.717) is 0 Å². The molecule has 0 aromatic rings. The predicted octanol–water partition coefficient (Wildman–Crippen LogP) is 3.15. The lowest BCUT2D eigenvalue weighted by Gasteiger charge is -2.34. The Kier molecular flexibility index (Phi) is 5.95. The summed E-state index contributed by atoms with van der Waals surface area (Å²) in [6.45, 7) is 2.41. The van der Waals surface area contributed by atoms with Crippen molar-refractivity contribution in [2.24, 2.45) is 11.8 Å². The monoisotopic (exact) mass is 215 g/mol. The van der Waals surface area contributed by atoms with E-state index in [1.165, 1.54) is 37.9 Å². The van der Waals surface area contributed by atoms with Gasteiger partial charge in [0.1, 0.15) is 0 Å². The van der Waals surface area contributed by atoms with Gasteiger partial charge in [0, 0.05) is 6.04 Å². The molecule has 3 atom stereocenters. The van der Waals surface area contributed by atoms with Crippen molar-refractivity contribution in [3.63, 3.8) is 0 Å². The van der Waals surface area contributed by atoms with Gasteiger partial charge >= 0.3 is 0 Å². The second kappa shape index (κ2) is 6.73. The third kappa shape index (κ3) is 3.82. The van der Waals surface area contributed by atoms with Crippen LogP contribution in [-0.4, -0.2) is 25.1 Å². The molecule has 0 aromatic carbocycles. The van der Waals surface area contributed by atoms with Crippen LogP contribution in [0.2, 0.25) is 0 Å². The maximum Gasteiger partial charge on any atom is 0.00925 e. The normalized spacial score (nSPS) is 33.2. The van der Waals surface area contributed by atoms with Gasteiger partial charge in [-0.15, -0.1) is 0 Å². The highest BCUT2D eigenvalue weighted by Gasteiger charge is 2.26. The first kappa shape index (κ1) is 12.4. The number of hydrogen-bond acceptors (Lipinski definition) is 2. The Balaban J connectivity index is 2.29. The van der Waals surface area contributed by atoms with Gasteiger partial charge < -0.3 is 5.32 Å². The minimum absolute atomic E-state index is 0.799. The quantitative estimate of drug-likeness (QED) is 0.707. The maximum absolute atomic E-state index is 3.49. The fraction of sp³-hybridized carbons (Fsp3) is 1.00. The Labute approximate surface area is 93.4 Å². The largest absolute Gasteiger partial charge is 0.317 e. The molecule has 0 heterocycles. The van der Waals surface area contributed by atoms with E-state index in [9.17, 15) is 0 Å². The molecular formula is C12H25NS. The fourth-order valence-corrected chi connectivity index (χ4v) is 3.14. The number of nitrogens with one attached hydrogen (secondary N) is 1. The van der Waals surface area contributed by atoms with E-state index < -0.39 is 0 Å². The van der Waals surface area contributed by atoms with Crippen molar-refractivity contribution in [1.82, 2.24) is 5.32 Å². The van der Waals surface area contributed by atoms with Crippen LogP contribution in [0, 0.1) is 11.8 Å². The first-order valence-electron chi connectivity index (χ1n) is 5.94. The van der Waals surface area contributed by atoms with Gasteiger partial charge in [-0.25, -0.2) is 0 Å². The molecule has 1 nitrogen and oxygen atoms in total. The molecule has 0 bridgehead atoms. The predicted molar refractivity (Wildman–Crippen MR) is 67.0 cm³/mol. The third-order valence-electron chi connectivity index (χ3n) is 3.54. The first-order chi connectivity index (χ1) is 6.77. The Morgan fingerprint density at radius 3 is 2.79 bits per heavy atom. The zero-order chi connectivity index (χ0) is 10.4. The minimum Gasteiger partial charge on any atom is -0.317 e. The van der Waals surface area contributed by atoms with Crippen molar-refractivity contribution in [3.8, 4) is 0 Å². The lowest BCUT2D eigenvalue weighted by Crippen LogP contribution is -2.38. The maximum atomic E-state index is 3.49. The van der Waals surface area contributed by atoms with E-state index in [4.69, 9.17) is 0 Å². The molecule has 0 radical (unpaired) electrons. The summed E-state index contributed by atoms with van der Waals surface area (Å²) in [6.07, 6.45) is 9.29. The van der Waals surface area contributed by atoms with E-state index >= 15 is 0 Å². The summed E-state index contributed by atoms with van der Waals surface area (Å²) in [7, 11) is 2.13. The molecule has 1 fully saturated rings. The fourth-order valence-electron chi connectivity index (χ4n) is 2.69. The van der Waals surface area contributed by atoms with Crippen molar-refractivity contribution in [1.29, 1.82) is 0 Å². The van der Waals surface area contributed by atoms with E-state index in [2.05, 4.69) is 25.5 Å². The van der Waals surface area contributed by atoms with Crippen LogP contribution in [0.15, 0.2) is 0 Å². The summed E-state index contributed by atoms with van der Waals surface area (Å²) in [5, 5.41) is 3.49. The molecule has 0 aromatic heterocycles. The molecule has 1 N–H and O–H groups in total. The molecular weight excluding hydrogens is 190 g/mol. The van der Waals surface area contributed by atoms with Crippen LogP contribution in [0.5, 0.6) is 0 Å². The second-order valence-electron chi connectivity index (χ2n) is 4.71. The molecule has 1 saturated carbocycles. The average molecular weight is 215 g/mol. The summed E-state index contributed by atoms with van der Waals surface area (Å²) >= 11 is 1.98. The van der Waals surface area contributed by atoms with Crippen LogP contribution in [0.3, 0.4) is 0 Å². The van der Waals surface area contributed by atoms with Crippen molar-refractivity contribution >= 4 is 11.8 Å². The highest BCUT2D eigenvalue weighted by atomic mass is 32.2. The molecule has 0 saturated heterocycles. The molecule has 1 aliphatic carbocycles. The van der Waals surface area contributed by atoms with E-state index in [1.807, 2.05) is 11.8 Å². The zero-order valence-corrected chi connectivity index (χ0v) is 10.7. The average Bonchev–Trinajstić information content (AvgIpc) is 2.19. The van der Waals surface area contributed by atoms with Gasteiger partial charge in [-0.1, -0.05) is 6.92 Å². The summed E-state index contributed by atoms with van der Waals surface area (Å²) < 4.78 is 0. The van der Waals surface area contributed by atoms with Gasteiger partial charge in [-0.3, -0.25) is 0 Å². The number of thioether (sulfide) groups is 1. The Hall–Kier alpha value is 0.310. The van der Waals surface area contributed by atoms with Crippen molar-refractivity contribution in [2.45, 2.75) is 45.1 Å². The lowest BCUT2D eigenvalue weighted by molar-refractivity contribution is 0.210. The van der Waals surface area contributed by atoms with Gasteiger partial charge in [0.15, 0.2) is 0 Å². The Morgan fingerprint density at radius 2 is 2.14 bits per heavy atom. The van der Waals surface area contributed by atoms with E-state index in [0.717, 1.165) is 17.9 Å². The van der Waals surface area contributed by atoms with Crippen molar-refractivity contribution in [3.05, 3.63) is 0 Å². The molecule has 0 spiro atoms. The number of hydrogen-bond donors (Lipinski definition) is 1. The molecule has 1 rings (SSSR count). The Bertz CT molecular complexity index is 149. The van der Waals surface area contributed by atoms with Gasteiger partial charge in [-0.05, 0) is 63.0 Å². The van der Waals surface area contributed by atoms with Gasteiger partial charge in [0.05, 0.1) is 0 Å². The number of rotatable bonds is 5. The van der Waals surface area contributed by atoms with E-state index in [-0.39, 0.29) is 0 Å². The summed E-state index contributed by atoms with van der Waals surface area (Å²) in [6, 6.07) is 0.799. The van der Waals surface area contributed by atoms with Crippen LogP contribution in [-0.2, 0) is 0 Å². The first-order valence-corrected chi connectivity index (χ1v) is 7.33. The Morgan fingerprint density at radius 1 is 1.36 bits per heavy atom. The molecule has 14 heavy (non-hydrogen) atoms. The molecule has 2 heteroatoms. The third-order valence-corrected chi connectivity index (χ3v) is 4.24. The van der Waals surface area contributed by atoms with Gasteiger partial charge in [-0.2, -0.15) is 11.8 Å². The highest BCUT2D eigenvalue weighted by molar-refractivity contribution is 7.98. The highest BCUT2D eigenvalue weighted by Crippen LogP contribution is 2.32. The van der Waals surface area contributed by atoms with Crippen LogP contribution < -0.4 is 5.32 Å². The van der Waals surface area contributed by atoms with Crippen molar-refractivity contribution < 1.29 is 0 Å². The van der Waals surface area contributed by atoms with Gasteiger partial charge in [0.2, 0.25) is 0 Å². The minimum atomic E-state index is 0.799. The molecule has 1 aliphatic rings. The summed E-state index contributed by atoms with van der Waals surface area (Å²) in [4.78, 5) is 0. The molecule has 84 valence electrons. The van der Waals surface area contributed by atoms with Crippen molar-refractivity contribution in [2.75, 3.05) is 19.1 Å². The van der Waals surface area contributed by atoms with Crippen LogP contribution in [0.1, 0.15) is 39.0 Å². The molecule has 3 unspecified atom stereocenters. The lowest BCUT2D eigenvalue weighted by atomic mass is 9.77.